The van der Waals surface area contributed by atoms with E-state index in [1.54, 1.807) is 6.07 Å². The highest BCUT2D eigenvalue weighted by Gasteiger charge is 2.28. The average molecular weight is 295 g/mol. The van der Waals surface area contributed by atoms with Gasteiger partial charge >= 0.3 is 11.7 Å². The molecule has 21 heavy (non-hydrogen) atoms. The summed E-state index contributed by atoms with van der Waals surface area (Å²) >= 11 is 0. The van der Waals surface area contributed by atoms with Gasteiger partial charge in [-0.2, -0.15) is 0 Å². The minimum absolute atomic E-state index is 0.0780. The van der Waals surface area contributed by atoms with Crippen LogP contribution in [0.5, 0.6) is 0 Å². The number of aliphatic hydroxyl groups is 1. The van der Waals surface area contributed by atoms with Gasteiger partial charge in [0.25, 0.3) is 0 Å². The number of carbonyl (C=O) groups is 1. The summed E-state index contributed by atoms with van der Waals surface area (Å²) in [4.78, 5) is 25.6. The molecule has 1 saturated heterocycles. The summed E-state index contributed by atoms with van der Waals surface area (Å²) in [6.07, 6.45) is 0. The van der Waals surface area contributed by atoms with E-state index in [-0.39, 0.29) is 17.9 Å². The van der Waals surface area contributed by atoms with Crippen molar-refractivity contribution in [3.63, 3.8) is 0 Å². The average Bonchev–Trinajstić information content (AvgIpc) is 2.47. The molecular weight excluding hydrogens is 278 g/mol. The van der Waals surface area contributed by atoms with E-state index in [4.69, 9.17) is 10.2 Å². The second-order valence-corrected chi connectivity index (χ2v) is 4.79. The Bertz CT molecular complexity index is 541. The molecule has 1 heterocycles. The van der Waals surface area contributed by atoms with Crippen molar-refractivity contribution < 1.29 is 19.9 Å². The van der Waals surface area contributed by atoms with Crippen molar-refractivity contribution in [1.82, 2.24) is 4.90 Å². The quantitative estimate of drug-likeness (QED) is 0.598. The fourth-order valence-electron chi connectivity index (χ4n) is 2.50. The maximum absolute atomic E-state index is 11.2. The molecule has 1 aromatic rings. The van der Waals surface area contributed by atoms with Crippen LogP contribution in [0, 0.1) is 10.1 Å². The van der Waals surface area contributed by atoms with Crippen LogP contribution in [0.15, 0.2) is 18.2 Å². The SMILES string of the molecule is O=C(O)c1cccc(N2CCN(CCO)CC2)c1[N+](=O)[O-]. The molecule has 0 aliphatic carbocycles. The fourth-order valence-corrected chi connectivity index (χ4v) is 2.50. The predicted octanol–water partition coefficient (Wildman–Crippen LogP) is 0.407. The van der Waals surface area contributed by atoms with Gasteiger partial charge in [0.1, 0.15) is 11.3 Å². The Balaban J connectivity index is 2.26. The van der Waals surface area contributed by atoms with Crippen LogP contribution in [0.3, 0.4) is 0 Å². The van der Waals surface area contributed by atoms with Crippen molar-refractivity contribution in [2.75, 3.05) is 44.2 Å². The Labute approximate surface area is 121 Å². The minimum Gasteiger partial charge on any atom is -0.477 e. The maximum atomic E-state index is 11.2. The molecule has 1 aliphatic rings. The molecule has 2 N–H and O–H groups in total. The zero-order chi connectivity index (χ0) is 15.4. The number of carboxylic acid groups (broad SMARTS) is 1. The molecule has 2 rings (SSSR count). The molecule has 8 nitrogen and oxygen atoms in total. The zero-order valence-corrected chi connectivity index (χ0v) is 11.4. The van der Waals surface area contributed by atoms with E-state index in [0.717, 1.165) is 0 Å². The summed E-state index contributed by atoms with van der Waals surface area (Å²) in [6, 6.07) is 4.34. The van der Waals surface area contributed by atoms with E-state index in [0.29, 0.717) is 38.4 Å². The Morgan fingerprint density at radius 3 is 2.48 bits per heavy atom. The molecule has 1 fully saturated rings. The number of nitrogens with zero attached hydrogens (tertiary/aromatic N) is 3. The summed E-state index contributed by atoms with van der Waals surface area (Å²) in [5.41, 5.74) is -0.320. The molecule has 8 heteroatoms. The number of nitro benzene ring substituents is 1. The number of nitro groups is 1. The molecule has 0 radical (unpaired) electrons. The van der Waals surface area contributed by atoms with Gasteiger partial charge in [-0.15, -0.1) is 0 Å². The number of carboxylic acids is 1. The topological polar surface area (TPSA) is 107 Å². The molecule has 1 aromatic carbocycles. The first-order valence-corrected chi connectivity index (χ1v) is 6.63. The number of aromatic carboxylic acids is 1. The van der Waals surface area contributed by atoms with Crippen LogP contribution >= 0.6 is 0 Å². The summed E-state index contributed by atoms with van der Waals surface area (Å²) in [5.74, 6) is -1.30. The van der Waals surface area contributed by atoms with E-state index in [2.05, 4.69) is 4.90 Å². The second-order valence-electron chi connectivity index (χ2n) is 4.79. The van der Waals surface area contributed by atoms with Gasteiger partial charge < -0.3 is 15.1 Å². The van der Waals surface area contributed by atoms with Crippen molar-refractivity contribution in [2.45, 2.75) is 0 Å². The third-order valence-corrected chi connectivity index (χ3v) is 3.56. The first kappa shape index (κ1) is 15.2. The van der Waals surface area contributed by atoms with Crippen LogP contribution in [-0.2, 0) is 0 Å². The lowest BCUT2D eigenvalue weighted by Gasteiger charge is -2.35. The van der Waals surface area contributed by atoms with Gasteiger partial charge in [-0.3, -0.25) is 15.0 Å². The standard InChI is InChI=1S/C13H17N3O5/c17-9-8-14-4-6-15(7-5-14)11-3-1-2-10(13(18)19)12(11)16(20)21/h1-3,17H,4-9H2,(H,18,19). The van der Waals surface area contributed by atoms with Gasteiger partial charge in [-0.1, -0.05) is 6.07 Å². The molecule has 0 amide bonds. The summed E-state index contributed by atoms with van der Waals surface area (Å²) in [6.45, 7) is 3.12. The number of benzene rings is 1. The van der Waals surface area contributed by atoms with Gasteiger partial charge in [0.15, 0.2) is 0 Å². The Morgan fingerprint density at radius 2 is 1.95 bits per heavy atom. The number of hydrogen-bond donors (Lipinski definition) is 2. The molecule has 114 valence electrons. The van der Waals surface area contributed by atoms with Crippen LogP contribution in [0.2, 0.25) is 0 Å². The molecule has 0 saturated carbocycles. The van der Waals surface area contributed by atoms with Crippen LogP contribution in [-0.4, -0.2) is 65.3 Å². The normalized spacial score (nSPS) is 16.0. The Kier molecular flexibility index (Phi) is 4.71. The zero-order valence-electron chi connectivity index (χ0n) is 11.4. The van der Waals surface area contributed by atoms with Crippen molar-refractivity contribution in [3.8, 4) is 0 Å². The summed E-state index contributed by atoms with van der Waals surface area (Å²) in [7, 11) is 0. The fraction of sp³-hybridized carbons (Fsp3) is 0.462. The first-order valence-electron chi connectivity index (χ1n) is 6.63. The largest absolute Gasteiger partial charge is 0.477 e. The minimum atomic E-state index is -1.30. The van der Waals surface area contributed by atoms with Crippen molar-refractivity contribution >= 4 is 17.3 Å². The predicted molar refractivity (Wildman–Crippen MR) is 75.8 cm³/mol. The van der Waals surface area contributed by atoms with E-state index in [1.165, 1.54) is 12.1 Å². The number of para-hydroxylation sites is 1. The number of aliphatic hydroxyl groups excluding tert-OH is 1. The molecular formula is C13H17N3O5. The Hall–Kier alpha value is -2.19. The lowest BCUT2D eigenvalue weighted by atomic mass is 10.1. The van der Waals surface area contributed by atoms with Gasteiger partial charge in [0.2, 0.25) is 0 Å². The number of hydrogen-bond acceptors (Lipinski definition) is 6. The molecule has 0 atom stereocenters. The van der Waals surface area contributed by atoms with Crippen LogP contribution < -0.4 is 4.90 Å². The van der Waals surface area contributed by atoms with Crippen LogP contribution in [0.25, 0.3) is 0 Å². The van der Waals surface area contributed by atoms with Crippen LogP contribution in [0.4, 0.5) is 11.4 Å². The summed E-state index contributed by atoms with van der Waals surface area (Å²) < 4.78 is 0. The molecule has 0 spiro atoms. The van der Waals surface area contributed by atoms with E-state index in [9.17, 15) is 14.9 Å². The summed E-state index contributed by atoms with van der Waals surface area (Å²) in [5, 5.41) is 29.2. The number of anilines is 1. The van der Waals surface area contributed by atoms with Gasteiger partial charge in [-0.25, -0.2) is 4.79 Å². The van der Waals surface area contributed by atoms with Crippen molar-refractivity contribution in [3.05, 3.63) is 33.9 Å². The molecule has 0 bridgehead atoms. The maximum Gasteiger partial charge on any atom is 0.342 e. The van der Waals surface area contributed by atoms with E-state index < -0.39 is 10.9 Å². The number of β-amino-alcohol motifs (C(OH)–C–C–N with tert-alkyl or cyclic N) is 1. The highest BCUT2D eigenvalue weighted by Crippen LogP contribution is 2.32. The Morgan fingerprint density at radius 1 is 1.29 bits per heavy atom. The number of rotatable bonds is 5. The smallest absolute Gasteiger partial charge is 0.342 e. The highest BCUT2D eigenvalue weighted by atomic mass is 16.6. The second kappa shape index (κ2) is 6.51. The van der Waals surface area contributed by atoms with Crippen molar-refractivity contribution in [1.29, 1.82) is 0 Å². The lowest BCUT2D eigenvalue weighted by Crippen LogP contribution is -2.47. The third-order valence-electron chi connectivity index (χ3n) is 3.56. The monoisotopic (exact) mass is 295 g/mol. The van der Waals surface area contributed by atoms with Gasteiger partial charge in [0, 0.05) is 32.7 Å². The molecule has 0 aromatic heterocycles. The van der Waals surface area contributed by atoms with Gasteiger partial charge in [0.05, 0.1) is 11.5 Å². The van der Waals surface area contributed by atoms with Crippen molar-refractivity contribution in [2.24, 2.45) is 0 Å². The molecule has 1 aliphatic heterocycles. The van der Waals surface area contributed by atoms with E-state index in [1.807, 2.05) is 4.90 Å². The molecule has 0 unspecified atom stereocenters. The number of piperazine rings is 1. The van der Waals surface area contributed by atoms with Gasteiger partial charge in [-0.05, 0) is 12.1 Å². The van der Waals surface area contributed by atoms with E-state index >= 15 is 0 Å². The first-order chi connectivity index (χ1) is 10.0. The highest BCUT2D eigenvalue weighted by molar-refractivity contribution is 5.95. The third kappa shape index (κ3) is 3.29. The lowest BCUT2D eigenvalue weighted by molar-refractivity contribution is -0.384. The van der Waals surface area contributed by atoms with Crippen LogP contribution in [0.1, 0.15) is 10.4 Å².